The van der Waals surface area contributed by atoms with Crippen molar-refractivity contribution >= 4 is 41.7 Å². The zero-order valence-electron chi connectivity index (χ0n) is 13.3. The Bertz CT molecular complexity index is 486. The molecule has 2 atom stereocenters. The smallest absolute Gasteiger partial charge is 0.218 e. The number of nitrogens with zero attached hydrogens (tertiary/aromatic N) is 2. The quantitative estimate of drug-likeness (QED) is 0.422. The van der Waals surface area contributed by atoms with E-state index in [4.69, 9.17) is 4.74 Å². The summed E-state index contributed by atoms with van der Waals surface area (Å²) in [4.78, 5) is 8.50. The third-order valence-corrected chi connectivity index (χ3v) is 4.87. The molecule has 0 aliphatic heterocycles. The maximum atomic E-state index is 5.26. The molecule has 1 aliphatic carbocycles. The highest BCUT2D eigenvalue weighted by molar-refractivity contribution is 14.0. The number of pyridine rings is 1. The fourth-order valence-corrected chi connectivity index (χ4v) is 3.39. The molecule has 22 heavy (non-hydrogen) atoms. The monoisotopic (exact) mass is 436 g/mol. The molecule has 1 aromatic rings. The van der Waals surface area contributed by atoms with Crippen LogP contribution in [0.15, 0.2) is 23.3 Å². The third-order valence-electron chi connectivity index (χ3n) is 3.77. The highest BCUT2D eigenvalue weighted by Crippen LogP contribution is 2.28. The predicted octanol–water partition coefficient (Wildman–Crippen LogP) is 2.66. The number of methoxy groups -OCH3 is 1. The van der Waals surface area contributed by atoms with Crippen LogP contribution in [0.4, 0.5) is 0 Å². The molecule has 1 fully saturated rings. The summed E-state index contributed by atoms with van der Waals surface area (Å²) in [5.41, 5.74) is 1.02. The van der Waals surface area contributed by atoms with Crippen LogP contribution >= 0.6 is 35.7 Å². The van der Waals surface area contributed by atoms with Gasteiger partial charge in [0, 0.05) is 36.6 Å². The van der Waals surface area contributed by atoms with Crippen LogP contribution in [0.5, 0.6) is 5.88 Å². The van der Waals surface area contributed by atoms with Gasteiger partial charge in [0.2, 0.25) is 5.88 Å². The first-order valence-electron chi connectivity index (χ1n) is 7.24. The highest BCUT2D eigenvalue weighted by Gasteiger charge is 2.24. The Morgan fingerprint density at radius 1 is 1.50 bits per heavy atom. The molecule has 0 radical (unpaired) electrons. The van der Waals surface area contributed by atoms with Crippen LogP contribution in [0.2, 0.25) is 0 Å². The van der Waals surface area contributed by atoms with E-state index in [-0.39, 0.29) is 24.0 Å². The molecule has 2 rings (SSSR count). The van der Waals surface area contributed by atoms with Gasteiger partial charge in [-0.15, -0.1) is 24.0 Å². The topological polar surface area (TPSA) is 58.5 Å². The number of aromatic nitrogens is 1. The van der Waals surface area contributed by atoms with Gasteiger partial charge >= 0.3 is 0 Å². The van der Waals surface area contributed by atoms with E-state index in [0.29, 0.717) is 18.5 Å². The summed E-state index contributed by atoms with van der Waals surface area (Å²) in [6.45, 7) is 0.648. The molecule has 1 saturated carbocycles. The van der Waals surface area contributed by atoms with E-state index in [2.05, 4.69) is 26.9 Å². The largest absolute Gasteiger partial charge is 0.481 e. The highest BCUT2D eigenvalue weighted by atomic mass is 127. The van der Waals surface area contributed by atoms with Crippen LogP contribution < -0.4 is 15.4 Å². The SMILES string of the molecule is CN=C(NCc1cccnc1OC)NC1CCC(SC)C1.I. The van der Waals surface area contributed by atoms with Gasteiger partial charge in [-0.25, -0.2) is 4.98 Å². The minimum atomic E-state index is 0. The van der Waals surface area contributed by atoms with Crippen molar-refractivity contribution in [2.45, 2.75) is 37.1 Å². The number of halogens is 1. The number of hydrogen-bond donors (Lipinski definition) is 2. The average Bonchev–Trinajstić information content (AvgIpc) is 2.99. The molecule has 2 unspecified atom stereocenters. The van der Waals surface area contributed by atoms with Crippen molar-refractivity contribution in [1.29, 1.82) is 0 Å². The molecule has 0 saturated heterocycles. The lowest BCUT2D eigenvalue weighted by molar-refractivity contribution is 0.392. The second-order valence-corrected chi connectivity index (χ2v) is 6.25. The van der Waals surface area contributed by atoms with Gasteiger partial charge in [0.15, 0.2) is 5.96 Å². The van der Waals surface area contributed by atoms with E-state index in [9.17, 15) is 0 Å². The summed E-state index contributed by atoms with van der Waals surface area (Å²) in [5.74, 6) is 1.50. The van der Waals surface area contributed by atoms with Gasteiger partial charge in [0.1, 0.15) is 0 Å². The molecule has 7 heteroatoms. The summed E-state index contributed by atoms with van der Waals surface area (Å²) in [6.07, 6.45) is 7.62. The number of ether oxygens (including phenoxy) is 1. The van der Waals surface area contributed by atoms with Crippen molar-refractivity contribution in [2.24, 2.45) is 4.99 Å². The first kappa shape index (κ1) is 19.3. The summed E-state index contributed by atoms with van der Waals surface area (Å²) in [7, 11) is 3.44. The molecule has 1 aromatic heterocycles. The third kappa shape index (κ3) is 5.49. The number of nitrogens with one attached hydrogen (secondary N) is 2. The fraction of sp³-hybridized carbons (Fsp3) is 0.600. The lowest BCUT2D eigenvalue weighted by Gasteiger charge is -2.17. The molecule has 5 nitrogen and oxygen atoms in total. The van der Waals surface area contributed by atoms with Crippen molar-refractivity contribution in [3.63, 3.8) is 0 Å². The zero-order valence-corrected chi connectivity index (χ0v) is 16.5. The molecule has 0 aromatic carbocycles. The summed E-state index contributed by atoms with van der Waals surface area (Å²) >= 11 is 1.96. The van der Waals surface area contributed by atoms with E-state index in [1.54, 1.807) is 20.4 Å². The maximum Gasteiger partial charge on any atom is 0.218 e. The molecule has 1 heterocycles. The number of hydrogen-bond acceptors (Lipinski definition) is 4. The molecular weight excluding hydrogens is 411 g/mol. The first-order valence-corrected chi connectivity index (χ1v) is 8.53. The Labute approximate surface area is 154 Å². The minimum Gasteiger partial charge on any atom is -0.481 e. The fourth-order valence-electron chi connectivity index (χ4n) is 2.59. The van der Waals surface area contributed by atoms with Gasteiger partial charge in [0.05, 0.1) is 7.11 Å². The second kappa shape index (κ2) is 10.1. The number of aliphatic imine (C=N–C) groups is 1. The standard InChI is InChI=1S/C15H24N4OS.HI/c1-16-15(19-12-6-7-13(9-12)21-3)18-10-11-5-4-8-17-14(11)20-2;/h4-5,8,12-13H,6-7,9-10H2,1-3H3,(H2,16,18,19);1H. The Morgan fingerprint density at radius 3 is 2.95 bits per heavy atom. The van der Waals surface area contributed by atoms with E-state index < -0.39 is 0 Å². The predicted molar refractivity (Wildman–Crippen MR) is 104 cm³/mol. The van der Waals surface area contributed by atoms with E-state index >= 15 is 0 Å². The normalized spacial score (nSPS) is 21.1. The van der Waals surface area contributed by atoms with Crippen molar-refractivity contribution in [1.82, 2.24) is 15.6 Å². The van der Waals surface area contributed by atoms with Crippen LogP contribution in [0.3, 0.4) is 0 Å². The summed E-state index contributed by atoms with van der Waals surface area (Å²) < 4.78 is 5.26. The lowest BCUT2D eigenvalue weighted by Crippen LogP contribution is -2.42. The summed E-state index contributed by atoms with van der Waals surface area (Å²) in [6, 6.07) is 4.44. The average molecular weight is 436 g/mol. The molecule has 0 amide bonds. The van der Waals surface area contributed by atoms with Gasteiger partial charge in [-0.1, -0.05) is 6.07 Å². The van der Waals surface area contributed by atoms with Crippen molar-refractivity contribution < 1.29 is 4.74 Å². The molecular formula is C15H25IN4OS. The van der Waals surface area contributed by atoms with Gasteiger partial charge in [0.25, 0.3) is 0 Å². The Kier molecular flexibility index (Phi) is 8.92. The van der Waals surface area contributed by atoms with Crippen molar-refractivity contribution in [3.05, 3.63) is 23.9 Å². The molecule has 0 spiro atoms. The molecule has 0 bridgehead atoms. The van der Waals surface area contributed by atoms with E-state index in [1.165, 1.54) is 19.3 Å². The van der Waals surface area contributed by atoms with Crippen molar-refractivity contribution in [3.8, 4) is 5.88 Å². The Morgan fingerprint density at radius 2 is 2.32 bits per heavy atom. The lowest BCUT2D eigenvalue weighted by atomic mass is 10.2. The minimum absolute atomic E-state index is 0. The maximum absolute atomic E-state index is 5.26. The molecule has 124 valence electrons. The van der Waals surface area contributed by atoms with Gasteiger partial charge < -0.3 is 15.4 Å². The Hall–Kier alpha value is -0.700. The van der Waals surface area contributed by atoms with E-state index in [0.717, 1.165) is 16.8 Å². The van der Waals surface area contributed by atoms with Crippen LogP contribution in [0.1, 0.15) is 24.8 Å². The summed E-state index contributed by atoms with van der Waals surface area (Å²) in [5, 5.41) is 7.61. The Balaban J connectivity index is 0.00000242. The number of thioether (sulfide) groups is 1. The number of rotatable bonds is 5. The van der Waals surface area contributed by atoms with Crippen LogP contribution in [0, 0.1) is 0 Å². The van der Waals surface area contributed by atoms with E-state index in [1.807, 2.05) is 23.9 Å². The number of guanidine groups is 1. The van der Waals surface area contributed by atoms with Crippen LogP contribution in [-0.2, 0) is 6.54 Å². The second-order valence-electron chi connectivity index (χ2n) is 5.11. The van der Waals surface area contributed by atoms with Crippen LogP contribution in [-0.4, -0.2) is 42.6 Å². The first-order chi connectivity index (χ1) is 10.3. The van der Waals surface area contributed by atoms with Gasteiger partial charge in [-0.3, -0.25) is 4.99 Å². The van der Waals surface area contributed by atoms with Gasteiger partial charge in [-0.2, -0.15) is 11.8 Å². The van der Waals surface area contributed by atoms with Crippen LogP contribution in [0.25, 0.3) is 0 Å². The zero-order chi connectivity index (χ0) is 15.1. The van der Waals surface area contributed by atoms with Crippen molar-refractivity contribution in [2.75, 3.05) is 20.4 Å². The molecule has 2 N–H and O–H groups in total. The van der Waals surface area contributed by atoms with Gasteiger partial charge in [-0.05, 0) is 31.6 Å². The molecule has 1 aliphatic rings.